The van der Waals surface area contributed by atoms with Crippen LogP contribution in [-0.2, 0) is 25.5 Å². The molecule has 4 aliphatic rings. The van der Waals surface area contributed by atoms with Crippen LogP contribution >= 0.6 is 11.8 Å². The molecule has 1 unspecified atom stereocenters. The van der Waals surface area contributed by atoms with Crippen LogP contribution in [0.2, 0.25) is 0 Å². The first kappa shape index (κ1) is 30.1. The molecule has 2 aromatic carbocycles. The number of phenols is 1. The Kier molecular flexibility index (Phi) is 7.85. The lowest BCUT2D eigenvalue weighted by Gasteiger charge is -2.61. The second-order valence-corrected chi connectivity index (χ2v) is 12.5. The van der Waals surface area contributed by atoms with E-state index < -0.39 is 35.4 Å². The number of carbonyl (C=O) groups is 3. The zero-order chi connectivity index (χ0) is 31.4. The molecule has 1 fully saturated rings. The SMILES string of the molecule is COc1c(C)cc2c(c1O)[C@H]1C3[C@H](SCC=O)c4c(OC(C)=O)c(C)c5c(c4[C@H](COC=O)N3[C@@H](C#N)[C@@H](C2)N1C)OCO5. The first-order chi connectivity index (χ1) is 21.2. The van der Waals surface area contributed by atoms with E-state index in [0.717, 1.165) is 17.4 Å². The van der Waals surface area contributed by atoms with Gasteiger partial charge in [0.15, 0.2) is 23.0 Å². The number of piperazine rings is 1. The fourth-order valence-corrected chi connectivity index (χ4v) is 8.88. The third-order valence-electron chi connectivity index (χ3n) is 9.21. The van der Waals surface area contributed by atoms with E-state index in [9.17, 15) is 24.8 Å². The van der Waals surface area contributed by atoms with Crippen LogP contribution in [-0.4, -0.2) is 85.1 Å². The highest BCUT2D eigenvalue weighted by Gasteiger charge is 2.60. The molecule has 4 heterocycles. The van der Waals surface area contributed by atoms with Crippen LogP contribution in [0.4, 0.5) is 0 Å². The Morgan fingerprint density at radius 1 is 1.20 bits per heavy atom. The maximum atomic E-state index is 12.5. The summed E-state index contributed by atoms with van der Waals surface area (Å²) in [6.07, 6.45) is 1.28. The summed E-state index contributed by atoms with van der Waals surface area (Å²) in [6.45, 7) is 5.10. The minimum absolute atomic E-state index is 0.0147. The highest BCUT2D eigenvalue weighted by molar-refractivity contribution is 8.00. The molecule has 13 heteroatoms. The van der Waals surface area contributed by atoms with Crippen molar-refractivity contribution in [2.75, 3.05) is 33.3 Å². The highest BCUT2D eigenvalue weighted by atomic mass is 32.2. The molecule has 12 nitrogen and oxygen atoms in total. The molecule has 0 aromatic heterocycles. The van der Waals surface area contributed by atoms with Gasteiger partial charge in [-0.2, -0.15) is 5.26 Å². The minimum atomic E-state index is -0.710. The van der Waals surface area contributed by atoms with E-state index in [2.05, 4.69) is 11.0 Å². The number of aromatic hydroxyl groups is 1. The summed E-state index contributed by atoms with van der Waals surface area (Å²) in [5.41, 5.74) is 4.07. The molecule has 4 aliphatic heterocycles. The Morgan fingerprint density at radius 3 is 2.61 bits per heavy atom. The lowest BCUT2D eigenvalue weighted by molar-refractivity contribution is -0.134. The number of fused-ring (bicyclic) bond motifs is 9. The van der Waals surface area contributed by atoms with Gasteiger partial charge in [0.25, 0.3) is 6.47 Å². The molecule has 0 spiro atoms. The number of esters is 1. The van der Waals surface area contributed by atoms with Crippen molar-refractivity contribution in [1.82, 2.24) is 9.80 Å². The van der Waals surface area contributed by atoms with E-state index in [1.54, 1.807) is 6.92 Å². The average Bonchev–Trinajstić information content (AvgIpc) is 3.48. The van der Waals surface area contributed by atoms with Crippen LogP contribution in [0, 0.1) is 25.2 Å². The van der Waals surface area contributed by atoms with E-state index in [0.29, 0.717) is 52.4 Å². The minimum Gasteiger partial charge on any atom is -0.504 e. The average molecular weight is 624 g/mol. The summed E-state index contributed by atoms with van der Waals surface area (Å²) in [5.74, 6) is 1.02. The molecule has 2 aromatic rings. The molecule has 0 saturated carbocycles. The summed E-state index contributed by atoms with van der Waals surface area (Å²) in [4.78, 5) is 40.1. The lowest BCUT2D eigenvalue weighted by Crippen LogP contribution is -2.69. The second-order valence-electron chi connectivity index (χ2n) is 11.3. The van der Waals surface area contributed by atoms with Gasteiger partial charge in [-0.1, -0.05) is 6.07 Å². The number of likely N-dealkylation sites (N-methyl/N-ethyl adjacent to an activating group) is 1. The molecule has 1 saturated heterocycles. The van der Waals surface area contributed by atoms with Crippen molar-refractivity contribution in [3.8, 4) is 34.8 Å². The van der Waals surface area contributed by atoms with Gasteiger partial charge in [0.05, 0.1) is 30.5 Å². The molecule has 0 aliphatic carbocycles. The standard InChI is InChI=1S/C31H33N3O9S/c1-14-8-17-9-18-19(10-32)34-20(11-40-12-36)22-23(28(43-16(3)37)15(2)29-30(22)42-13-41-29)31(44-7-6-35)25(34)24(33(18)4)21(17)26(38)27(14)39-5/h6,8,12,18-20,24-25,31,38H,7,9,11,13H2,1-5H3/t18-,19+,20+,24+,25?,31-/m1/s1. The molecule has 232 valence electrons. The van der Waals surface area contributed by atoms with Crippen LogP contribution < -0.4 is 18.9 Å². The smallest absolute Gasteiger partial charge is 0.308 e. The predicted molar refractivity (Wildman–Crippen MR) is 157 cm³/mol. The van der Waals surface area contributed by atoms with E-state index in [-0.39, 0.29) is 36.7 Å². The number of phenolic OH excluding ortho intramolecular Hbond substituents is 1. The number of nitriles is 1. The predicted octanol–water partition coefficient (Wildman–Crippen LogP) is 3.05. The van der Waals surface area contributed by atoms with Crippen LogP contribution in [0.1, 0.15) is 57.6 Å². The summed E-state index contributed by atoms with van der Waals surface area (Å²) in [6, 6.07) is 1.78. The van der Waals surface area contributed by atoms with E-state index >= 15 is 0 Å². The van der Waals surface area contributed by atoms with E-state index in [1.165, 1.54) is 25.8 Å². The summed E-state index contributed by atoms with van der Waals surface area (Å²) >= 11 is 1.34. The van der Waals surface area contributed by atoms with E-state index in [1.807, 2.05) is 24.9 Å². The van der Waals surface area contributed by atoms with Crippen molar-refractivity contribution in [2.24, 2.45) is 0 Å². The molecule has 6 rings (SSSR count). The zero-order valence-electron chi connectivity index (χ0n) is 25.0. The van der Waals surface area contributed by atoms with Crippen LogP contribution in [0.25, 0.3) is 0 Å². The van der Waals surface area contributed by atoms with Crippen LogP contribution in [0.5, 0.6) is 28.7 Å². The van der Waals surface area contributed by atoms with Crippen molar-refractivity contribution in [2.45, 2.75) is 62.7 Å². The molecule has 1 N–H and O–H groups in total. The van der Waals surface area contributed by atoms with Gasteiger partial charge in [-0.15, -0.1) is 11.8 Å². The van der Waals surface area contributed by atoms with Crippen molar-refractivity contribution in [1.29, 1.82) is 5.26 Å². The van der Waals surface area contributed by atoms with Gasteiger partial charge >= 0.3 is 5.97 Å². The second kappa shape index (κ2) is 11.5. The molecule has 0 radical (unpaired) electrons. The van der Waals surface area contributed by atoms with Crippen molar-refractivity contribution < 1.29 is 43.2 Å². The Bertz CT molecular complexity index is 1590. The maximum Gasteiger partial charge on any atom is 0.308 e. The molecule has 44 heavy (non-hydrogen) atoms. The van der Waals surface area contributed by atoms with E-state index in [4.69, 9.17) is 23.7 Å². The lowest BCUT2D eigenvalue weighted by atomic mass is 9.71. The Hall–Kier alpha value is -3.99. The van der Waals surface area contributed by atoms with Gasteiger partial charge in [0.1, 0.15) is 24.7 Å². The Balaban J connectivity index is 1.71. The summed E-state index contributed by atoms with van der Waals surface area (Å²) in [7, 11) is 3.43. The third-order valence-corrected chi connectivity index (χ3v) is 10.4. The Morgan fingerprint density at radius 2 is 1.95 bits per heavy atom. The number of aldehydes is 1. The number of hydrogen-bond acceptors (Lipinski definition) is 13. The topological polar surface area (TPSA) is 148 Å². The van der Waals surface area contributed by atoms with Gasteiger partial charge in [-0.25, -0.2) is 0 Å². The fraction of sp³-hybridized carbons (Fsp3) is 0.484. The highest BCUT2D eigenvalue weighted by Crippen LogP contribution is 2.63. The van der Waals surface area contributed by atoms with Crippen LogP contribution in [0.3, 0.4) is 0 Å². The van der Waals surface area contributed by atoms with Crippen molar-refractivity contribution in [3.05, 3.63) is 39.4 Å². The number of aryl methyl sites for hydroxylation is 1. The van der Waals surface area contributed by atoms with Gasteiger partial charge < -0.3 is 33.6 Å². The van der Waals surface area contributed by atoms with Crippen molar-refractivity contribution in [3.63, 3.8) is 0 Å². The quantitative estimate of drug-likeness (QED) is 0.261. The fourth-order valence-electron chi connectivity index (χ4n) is 7.71. The maximum absolute atomic E-state index is 12.5. The number of thioether (sulfide) groups is 1. The number of rotatable bonds is 8. The molecule has 6 atom stereocenters. The van der Waals surface area contributed by atoms with Crippen molar-refractivity contribution >= 4 is 30.5 Å². The molecular formula is C31H33N3O9S. The molecule has 0 amide bonds. The van der Waals surface area contributed by atoms with Gasteiger partial charge in [-0.05, 0) is 38.4 Å². The largest absolute Gasteiger partial charge is 0.504 e. The summed E-state index contributed by atoms with van der Waals surface area (Å²) < 4.78 is 28.8. The molecular weight excluding hydrogens is 590 g/mol. The number of methoxy groups -OCH3 is 1. The summed E-state index contributed by atoms with van der Waals surface area (Å²) in [5, 5.41) is 21.9. The Labute approximate surface area is 258 Å². The van der Waals surface area contributed by atoms with Gasteiger partial charge in [-0.3, -0.25) is 19.4 Å². The molecule has 2 bridgehead atoms. The van der Waals surface area contributed by atoms with Crippen LogP contribution in [0.15, 0.2) is 6.07 Å². The van der Waals surface area contributed by atoms with Gasteiger partial charge in [0, 0.05) is 47.0 Å². The zero-order valence-corrected chi connectivity index (χ0v) is 25.8. The monoisotopic (exact) mass is 623 g/mol. The first-order valence-electron chi connectivity index (χ1n) is 14.2. The number of ether oxygens (including phenoxy) is 5. The first-order valence-corrected chi connectivity index (χ1v) is 15.3. The number of benzene rings is 2. The number of nitrogens with zero attached hydrogens (tertiary/aromatic N) is 3. The normalized spacial score (nSPS) is 26.5. The number of hydrogen-bond donors (Lipinski definition) is 1. The number of carbonyl (C=O) groups excluding carboxylic acids is 3. The van der Waals surface area contributed by atoms with Gasteiger partial charge in [0.2, 0.25) is 6.79 Å². The third kappa shape index (κ3) is 4.30.